The Morgan fingerprint density at radius 3 is 2.15 bits per heavy atom. The summed E-state index contributed by atoms with van der Waals surface area (Å²) in [5, 5.41) is 10.9. The van der Waals surface area contributed by atoms with Gasteiger partial charge in [0.1, 0.15) is 0 Å². The lowest BCUT2D eigenvalue weighted by Gasteiger charge is -2.24. The highest BCUT2D eigenvalue weighted by atomic mass is 19.4. The molecule has 0 bridgehead atoms. The van der Waals surface area contributed by atoms with Gasteiger partial charge in [-0.2, -0.15) is 13.2 Å². The van der Waals surface area contributed by atoms with Gasteiger partial charge in [0.05, 0.1) is 10.5 Å². The first-order valence-corrected chi connectivity index (χ1v) is 6.34. The van der Waals surface area contributed by atoms with E-state index in [1.807, 2.05) is 0 Å². The van der Waals surface area contributed by atoms with Crippen molar-refractivity contribution in [3.63, 3.8) is 0 Å². The molecule has 2 N–H and O–H groups in total. The maximum Gasteiger partial charge on any atom is 0.416 e. The minimum Gasteiger partial charge on any atom is -0.324 e. The highest BCUT2D eigenvalue weighted by Gasteiger charge is 2.64. The van der Waals surface area contributed by atoms with E-state index < -0.39 is 33.3 Å². The fourth-order valence-electron chi connectivity index (χ4n) is 2.97. The molecule has 2 aliphatic carbocycles. The molecule has 2 saturated carbocycles. The van der Waals surface area contributed by atoms with Crippen molar-refractivity contribution in [3.8, 4) is 0 Å². The van der Waals surface area contributed by atoms with E-state index in [9.17, 15) is 23.3 Å². The van der Waals surface area contributed by atoms with Gasteiger partial charge >= 0.3 is 6.18 Å². The van der Waals surface area contributed by atoms with Crippen LogP contribution in [0.5, 0.6) is 0 Å². The van der Waals surface area contributed by atoms with Crippen LogP contribution in [0.1, 0.15) is 36.8 Å². The van der Waals surface area contributed by atoms with Crippen LogP contribution in [0.15, 0.2) is 18.2 Å². The zero-order valence-electron chi connectivity index (χ0n) is 10.5. The third-order valence-corrected chi connectivity index (χ3v) is 4.50. The number of halogens is 3. The van der Waals surface area contributed by atoms with Gasteiger partial charge in [0.25, 0.3) is 5.69 Å². The number of nitro groups is 1. The number of benzene rings is 1. The van der Waals surface area contributed by atoms with Crippen molar-refractivity contribution >= 4 is 5.69 Å². The first-order valence-electron chi connectivity index (χ1n) is 6.34. The van der Waals surface area contributed by atoms with Gasteiger partial charge in [-0.25, -0.2) is 0 Å². The lowest BCUT2D eigenvalue weighted by molar-refractivity contribution is -0.385. The van der Waals surface area contributed by atoms with Crippen LogP contribution in [-0.2, 0) is 11.6 Å². The van der Waals surface area contributed by atoms with Crippen LogP contribution in [0.2, 0.25) is 0 Å². The van der Waals surface area contributed by atoms with Crippen molar-refractivity contribution in [1.82, 2.24) is 0 Å². The fraction of sp³-hybridized carbons (Fsp3) is 0.538. The summed E-state index contributed by atoms with van der Waals surface area (Å²) in [4.78, 5) is 10.1. The molecule has 1 aromatic rings. The van der Waals surface area contributed by atoms with Crippen LogP contribution in [-0.4, -0.2) is 10.5 Å². The smallest absolute Gasteiger partial charge is 0.324 e. The molecule has 2 fully saturated rings. The van der Waals surface area contributed by atoms with E-state index in [0.29, 0.717) is 24.5 Å². The van der Waals surface area contributed by atoms with Crippen molar-refractivity contribution in [3.05, 3.63) is 39.4 Å². The minimum atomic E-state index is -4.60. The predicted octanol–water partition coefficient (Wildman–Crippen LogP) is 3.14. The second-order valence-corrected chi connectivity index (χ2v) is 5.76. The summed E-state index contributed by atoms with van der Waals surface area (Å²) in [6, 6.07) is 2.85. The average Bonchev–Trinajstić information content (AvgIpc) is 3.22. The highest BCUT2D eigenvalue weighted by molar-refractivity contribution is 5.49. The lowest BCUT2D eigenvalue weighted by atomic mass is 9.85. The van der Waals surface area contributed by atoms with Crippen molar-refractivity contribution in [1.29, 1.82) is 0 Å². The molecule has 1 aromatic carbocycles. The van der Waals surface area contributed by atoms with Gasteiger partial charge in [-0.05, 0) is 37.3 Å². The molecule has 2 aliphatic rings. The maximum absolute atomic E-state index is 12.9. The summed E-state index contributed by atoms with van der Waals surface area (Å²) in [6.45, 7) is 0. The molecule has 4 nitrogen and oxygen atoms in total. The Morgan fingerprint density at radius 2 is 1.75 bits per heavy atom. The van der Waals surface area contributed by atoms with Gasteiger partial charge in [0.2, 0.25) is 0 Å². The lowest BCUT2D eigenvalue weighted by Crippen LogP contribution is -2.37. The van der Waals surface area contributed by atoms with E-state index in [-0.39, 0.29) is 0 Å². The number of rotatable bonds is 3. The van der Waals surface area contributed by atoms with Gasteiger partial charge in [0, 0.05) is 23.1 Å². The topological polar surface area (TPSA) is 69.2 Å². The molecule has 7 heteroatoms. The fourth-order valence-corrected chi connectivity index (χ4v) is 2.97. The minimum absolute atomic E-state index is 0.360. The Kier molecular flexibility index (Phi) is 2.48. The Balaban J connectivity index is 2.12. The van der Waals surface area contributed by atoms with Crippen molar-refractivity contribution in [2.45, 2.75) is 42.8 Å². The molecule has 0 radical (unpaired) electrons. The van der Waals surface area contributed by atoms with Crippen LogP contribution < -0.4 is 5.73 Å². The van der Waals surface area contributed by atoms with Crippen molar-refractivity contribution in [2.24, 2.45) is 5.73 Å². The SMILES string of the molecule is NC1(C2(c3cc([N+](=O)[O-])cc(C(F)(F)F)c3)CC2)CC1. The number of nitro benzene ring substituents is 1. The van der Waals surface area contributed by atoms with Gasteiger partial charge in [-0.1, -0.05) is 0 Å². The van der Waals surface area contributed by atoms with E-state index in [0.717, 1.165) is 18.9 Å². The summed E-state index contributed by atoms with van der Waals surface area (Å²) in [5.41, 5.74) is 4.03. The second-order valence-electron chi connectivity index (χ2n) is 5.76. The monoisotopic (exact) mass is 286 g/mol. The number of hydrogen-bond donors (Lipinski definition) is 1. The molecule has 3 rings (SSSR count). The number of nitrogens with zero attached hydrogens (tertiary/aromatic N) is 1. The molecule has 0 saturated heterocycles. The standard InChI is InChI=1S/C13H13F3N2O2/c14-13(15,16)9-5-8(6-10(7-9)18(19)20)11(1-2-11)12(17)3-4-12/h5-7H,1-4,17H2. The van der Waals surface area contributed by atoms with E-state index in [4.69, 9.17) is 5.73 Å². The third kappa shape index (κ3) is 1.88. The number of hydrogen-bond acceptors (Lipinski definition) is 3. The molecule has 0 atom stereocenters. The normalized spacial score (nSPS) is 22.4. The Hall–Kier alpha value is -1.63. The summed E-state index contributed by atoms with van der Waals surface area (Å²) in [6.07, 6.45) is -1.68. The molecular weight excluding hydrogens is 273 g/mol. The zero-order valence-corrected chi connectivity index (χ0v) is 10.5. The van der Waals surface area contributed by atoms with Crippen LogP contribution in [0.4, 0.5) is 18.9 Å². The Bertz CT molecular complexity index is 590. The number of alkyl halides is 3. The van der Waals surface area contributed by atoms with Crippen LogP contribution in [0, 0.1) is 10.1 Å². The molecule has 108 valence electrons. The summed E-state index contributed by atoms with van der Waals surface area (Å²) >= 11 is 0. The third-order valence-electron chi connectivity index (χ3n) is 4.50. The first-order chi connectivity index (χ1) is 9.18. The predicted molar refractivity (Wildman–Crippen MR) is 65.2 cm³/mol. The molecular formula is C13H13F3N2O2. The highest BCUT2D eigenvalue weighted by Crippen LogP contribution is 2.64. The Labute approximate surface area is 112 Å². The van der Waals surface area contributed by atoms with E-state index in [1.54, 1.807) is 0 Å². The average molecular weight is 286 g/mol. The number of nitrogens with two attached hydrogens (primary N) is 1. The van der Waals surface area contributed by atoms with Gasteiger partial charge in [-0.15, -0.1) is 0 Å². The van der Waals surface area contributed by atoms with E-state index >= 15 is 0 Å². The molecule has 0 aromatic heterocycles. The quantitative estimate of drug-likeness (QED) is 0.685. The first kappa shape index (κ1) is 13.4. The summed E-state index contributed by atoms with van der Waals surface area (Å²) < 4.78 is 38.6. The van der Waals surface area contributed by atoms with Crippen LogP contribution in [0.3, 0.4) is 0 Å². The van der Waals surface area contributed by atoms with E-state index in [1.165, 1.54) is 6.07 Å². The maximum atomic E-state index is 12.9. The zero-order chi connectivity index (χ0) is 14.8. The number of non-ortho nitro benzene ring substituents is 1. The summed E-state index contributed by atoms with van der Waals surface area (Å²) in [5.74, 6) is 0. The largest absolute Gasteiger partial charge is 0.416 e. The Morgan fingerprint density at radius 1 is 1.15 bits per heavy atom. The van der Waals surface area contributed by atoms with Crippen LogP contribution >= 0.6 is 0 Å². The van der Waals surface area contributed by atoms with E-state index in [2.05, 4.69) is 0 Å². The molecule has 0 heterocycles. The summed E-state index contributed by atoms with van der Waals surface area (Å²) in [7, 11) is 0. The molecule has 0 spiro atoms. The second kappa shape index (κ2) is 3.72. The molecule has 20 heavy (non-hydrogen) atoms. The molecule has 0 amide bonds. The van der Waals surface area contributed by atoms with Crippen molar-refractivity contribution < 1.29 is 18.1 Å². The molecule has 0 aliphatic heterocycles. The van der Waals surface area contributed by atoms with Gasteiger partial charge in [-0.3, -0.25) is 10.1 Å². The van der Waals surface area contributed by atoms with Gasteiger partial charge < -0.3 is 5.73 Å². The van der Waals surface area contributed by atoms with Crippen molar-refractivity contribution in [2.75, 3.05) is 0 Å². The molecule has 0 unspecified atom stereocenters. The van der Waals surface area contributed by atoms with Crippen LogP contribution in [0.25, 0.3) is 0 Å². The van der Waals surface area contributed by atoms with Gasteiger partial charge in [0.15, 0.2) is 0 Å².